The van der Waals surface area contributed by atoms with Gasteiger partial charge in [0.25, 0.3) is 17.5 Å². The molecule has 2 aromatic rings. The average Bonchev–Trinajstić information content (AvgIpc) is 2.67. The lowest BCUT2D eigenvalue weighted by atomic mass is 10.1. The number of carbonyl (C=O) groups excluding carboxylic acids is 2. The summed E-state index contributed by atoms with van der Waals surface area (Å²) in [6, 6.07) is 12.3. The average molecular weight is 400 g/mol. The molecule has 1 atom stereocenters. The first-order valence-electron chi connectivity index (χ1n) is 8.59. The van der Waals surface area contributed by atoms with Crippen LogP contribution in [0.5, 0.6) is 0 Å². The summed E-state index contributed by atoms with van der Waals surface area (Å²) >= 11 is 5.13. The lowest BCUT2D eigenvalue weighted by Crippen LogP contribution is -2.36. The molecule has 0 aliphatic heterocycles. The van der Waals surface area contributed by atoms with Gasteiger partial charge in [-0.05, 0) is 43.8 Å². The lowest BCUT2D eigenvalue weighted by Gasteiger charge is -2.15. The molecule has 1 unspecified atom stereocenters. The molecule has 2 amide bonds. The molecule has 2 rings (SSSR count). The molecular weight excluding hydrogens is 380 g/mol. The van der Waals surface area contributed by atoms with E-state index in [9.17, 15) is 19.7 Å². The van der Waals surface area contributed by atoms with Gasteiger partial charge < -0.3 is 10.6 Å². The van der Waals surface area contributed by atoms with E-state index in [1.165, 1.54) is 24.3 Å². The maximum absolute atomic E-state index is 12.4. The maximum Gasteiger partial charge on any atom is 0.282 e. The number of nitrogens with zero attached hydrogens (tertiary/aromatic N) is 1. The van der Waals surface area contributed by atoms with Crippen LogP contribution in [0.15, 0.2) is 48.5 Å². The van der Waals surface area contributed by atoms with Crippen LogP contribution < -0.4 is 16.0 Å². The van der Waals surface area contributed by atoms with E-state index in [4.69, 9.17) is 12.2 Å². The second-order valence-corrected chi connectivity index (χ2v) is 6.42. The fourth-order valence-electron chi connectivity index (χ4n) is 2.34. The van der Waals surface area contributed by atoms with Gasteiger partial charge in [0, 0.05) is 12.1 Å². The molecule has 0 heterocycles. The number of nitro benzene ring substituents is 1. The molecule has 0 saturated heterocycles. The maximum atomic E-state index is 12.4. The molecule has 0 aromatic heterocycles. The summed E-state index contributed by atoms with van der Waals surface area (Å²) in [4.78, 5) is 35.2. The number of amides is 2. The van der Waals surface area contributed by atoms with Crippen LogP contribution in [0.25, 0.3) is 0 Å². The van der Waals surface area contributed by atoms with Crippen LogP contribution in [0.4, 0.5) is 11.4 Å². The highest BCUT2D eigenvalue weighted by Crippen LogP contribution is 2.18. The number of hydrogen-bond acceptors (Lipinski definition) is 5. The van der Waals surface area contributed by atoms with E-state index in [0.29, 0.717) is 11.3 Å². The lowest BCUT2D eigenvalue weighted by molar-refractivity contribution is -0.385. The van der Waals surface area contributed by atoms with Crippen LogP contribution in [-0.2, 0) is 0 Å². The summed E-state index contributed by atoms with van der Waals surface area (Å²) in [6.07, 6.45) is 0.783. The molecule has 0 aliphatic carbocycles. The van der Waals surface area contributed by atoms with Crippen molar-refractivity contribution in [1.29, 1.82) is 0 Å². The third-order valence-corrected chi connectivity index (χ3v) is 4.19. The Morgan fingerprint density at radius 3 is 2.32 bits per heavy atom. The van der Waals surface area contributed by atoms with Crippen molar-refractivity contribution < 1.29 is 14.5 Å². The number of carbonyl (C=O) groups is 2. The Balaban J connectivity index is 2.13. The quantitative estimate of drug-likeness (QED) is 0.390. The van der Waals surface area contributed by atoms with Crippen LogP contribution in [0.1, 0.15) is 41.0 Å². The summed E-state index contributed by atoms with van der Waals surface area (Å²) in [7, 11) is 0. The molecule has 3 N–H and O–H groups in total. The van der Waals surface area contributed by atoms with Crippen molar-refractivity contribution in [1.82, 2.24) is 10.6 Å². The molecule has 0 saturated carbocycles. The number of thiocarbonyl (C=S) groups is 1. The molecule has 28 heavy (non-hydrogen) atoms. The highest BCUT2D eigenvalue weighted by atomic mass is 32.1. The number of benzene rings is 2. The van der Waals surface area contributed by atoms with Crippen molar-refractivity contribution in [3.63, 3.8) is 0 Å². The van der Waals surface area contributed by atoms with E-state index >= 15 is 0 Å². The SMILES string of the molecule is CCC(C)NC(=O)c1ccccc1NC(=S)NC(=O)c1ccccc1[N+](=O)[O-]. The molecule has 0 radical (unpaired) electrons. The second kappa shape index (κ2) is 9.56. The van der Waals surface area contributed by atoms with E-state index in [0.717, 1.165) is 6.42 Å². The first kappa shape index (κ1) is 21.0. The van der Waals surface area contributed by atoms with Crippen molar-refractivity contribution >= 4 is 40.5 Å². The van der Waals surface area contributed by atoms with Crippen molar-refractivity contribution in [2.45, 2.75) is 26.3 Å². The standard InChI is InChI=1S/C19H20N4O4S/c1-3-12(2)20-17(24)13-8-4-6-10-15(13)21-19(28)22-18(25)14-9-5-7-11-16(14)23(26)27/h4-12H,3H2,1-2H3,(H,20,24)(H2,21,22,25,28). The largest absolute Gasteiger partial charge is 0.350 e. The van der Waals surface area contributed by atoms with Gasteiger partial charge in [0.2, 0.25) is 0 Å². The van der Waals surface area contributed by atoms with Gasteiger partial charge in [-0.1, -0.05) is 31.2 Å². The predicted octanol–water partition coefficient (Wildman–Crippen LogP) is 3.25. The Morgan fingerprint density at radius 2 is 1.68 bits per heavy atom. The minimum atomic E-state index is -0.716. The second-order valence-electron chi connectivity index (χ2n) is 6.01. The monoisotopic (exact) mass is 400 g/mol. The molecule has 0 aliphatic rings. The molecule has 0 spiro atoms. The van der Waals surface area contributed by atoms with Gasteiger partial charge in [-0.15, -0.1) is 0 Å². The van der Waals surface area contributed by atoms with Crippen LogP contribution in [0.2, 0.25) is 0 Å². The van der Waals surface area contributed by atoms with E-state index in [2.05, 4.69) is 16.0 Å². The van der Waals surface area contributed by atoms with Gasteiger partial charge in [-0.3, -0.25) is 25.0 Å². The minimum absolute atomic E-state index is 0.00541. The number of para-hydroxylation sites is 2. The fraction of sp³-hybridized carbons (Fsp3) is 0.211. The highest BCUT2D eigenvalue weighted by Gasteiger charge is 2.20. The van der Waals surface area contributed by atoms with Gasteiger partial charge in [-0.2, -0.15) is 0 Å². The van der Waals surface area contributed by atoms with Gasteiger partial charge in [-0.25, -0.2) is 0 Å². The molecule has 8 nitrogen and oxygen atoms in total. The zero-order valence-corrected chi connectivity index (χ0v) is 16.2. The normalized spacial score (nSPS) is 11.2. The molecule has 9 heteroatoms. The van der Waals surface area contributed by atoms with Gasteiger partial charge in [0.15, 0.2) is 5.11 Å². The number of rotatable bonds is 6. The van der Waals surface area contributed by atoms with E-state index in [1.807, 2.05) is 13.8 Å². The summed E-state index contributed by atoms with van der Waals surface area (Å²) in [6.45, 7) is 3.86. The van der Waals surface area contributed by atoms with Gasteiger partial charge in [0.1, 0.15) is 5.56 Å². The fourth-order valence-corrected chi connectivity index (χ4v) is 2.55. The van der Waals surface area contributed by atoms with Crippen LogP contribution >= 0.6 is 12.2 Å². The smallest absolute Gasteiger partial charge is 0.282 e. The van der Waals surface area contributed by atoms with E-state index in [1.54, 1.807) is 24.3 Å². The highest BCUT2D eigenvalue weighted by molar-refractivity contribution is 7.80. The van der Waals surface area contributed by atoms with Crippen molar-refractivity contribution in [2.24, 2.45) is 0 Å². The Bertz CT molecular complexity index is 916. The number of nitrogens with one attached hydrogen (secondary N) is 3. The predicted molar refractivity (Wildman–Crippen MR) is 110 cm³/mol. The van der Waals surface area contributed by atoms with Crippen molar-refractivity contribution in [2.75, 3.05) is 5.32 Å². The first-order chi connectivity index (χ1) is 13.3. The third-order valence-electron chi connectivity index (χ3n) is 3.98. The van der Waals surface area contributed by atoms with Gasteiger partial charge >= 0.3 is 0 Å². The van der Waals surface area contributed by atoms with Crippen LogP contribution in [-0.4, -0.2) is 27.9 Å². The van der Waals surface area contributed by atoms with Crippen molar-refractivity contribution in [3.05, 3.63) is 69.8 Å². The first-order valence-corrected chi connectivity index (χ1v) is 9.00. The summed E-state index contributed by atoms with van der Waals surface area (Å²) in [5.41, 5.74) is 0.344. The van der Waals surface area contributed by atoms with Crippen LogP contribution in [0, 0.1) is 10.1 Å². The molecule has 0 fully saturated rings. The molecule has 0 bridgehead atoms. The summed E-state index contributed by atoms with van der Waals surface area (Å²) < 4.78 is 0. The van der Waals surface area contributed by atoms with Gasteiger partial charge in [0.05, 0.1) is 16.2 Å². The topological polar surface area (TPSA) is 113 Å². The minimum Gasteiger partial charge on any atom is -0.350 e. The zero-order valence-electron chi connectivity index (χ0n) is 15.4. The number of hydrogen-bond donors (Lipinski definition) is 3. The Kier molecular flexibility index (Phi) is 7.16. The van der Waals surface area contributed by atoms with Crippen molar-refractivity contribution in [3.8, 4) is 0 Å². The van der Waals surface area contributed by atoms with Crippen LogP contribution in [0.3, 0.4) is 0 Å². The summed E-state index contributed by atoms with van der Waals surface area (Å²) in [5, 5.41) is 19.1. The Hall–Kier alpha value is -3.33. The summed E-state index contributed by atoms with van der Waals surface area (Å²) in [5.74, 6) is -0.989. The Labute approximate surface area is 167 Å². The van der Waals surface area contributed by atoms with E-state index in [-0.39, 0.29) is 28.3 Å². The zero-order chi connectivity index (χ0) is 20.7. The molecule has 146 valence electrons. The number of anilines is 1. The molecular formula is C19H20N4O4S. The Morgan fingerprint density at radius 1 is 1.07 bits per heavy atom. The third kappa shape index (κ3) is 5.34. The molecule has 2 aromatic carbocycles. The number of nitro groups is 1. The van der Waals surface area contributed by atoms with E-state index < -0.39 is 10.8 Å².